The van der Waals surface area contributed by atoms with Gasteiger partial charge in [-0.1, -0.05) is 33.2 Å². The number of ether oxygens (including phenoxy) is 2. The summed E-state index contributed by atoms with van der Waals surface area (Å²) in [7, 11) is 3.17. The first-order valence-corrected chi connectivity index (χ1v) is 8.04. The molecule has 3 aromatic rings. The minimum atomic E-state index is -0.194. The highest BCUT2D eigenvalue weighted by Gasteiger charge is 2.19. The standard InChI is InChI=1S/C18H16BrNO4/c1-22-14-7-12(8-15(9-14)23-2)17-16(10-21)18(24-20-17)11-4-3-5-13(19)6-11/h3-9,21H,10H2,1-2H3. The summed E-state index contributed by atoms with van der Waals surface area (Å²) in [5.74, 6) is 1.82. The number of hydrogen-bond donors (Lipinski definition) is 1. The van der Waals surface area contributed by atoms with Crippen molar-refractivity contribution in [2.45, 2.75) is 6.61 Å². The third kappa shape index (κ3) is 3.16. The lowest BCUT2D eigenvalue weighted by atomic mass is 10.0. The van der Waals surface area contributed by atoms with Crippen molar-refractivity contribution < 1.29 is 19.1 Å². The lowest BCUT2D eigenvalue weighted by Crippen LogP contribution is -1.92. The summed E-state index contributed by atoms with van der Waals surface area (Å²) in [6.45, 7) is -0.194. The fourth-order valence-corrected chi connectivity index (χ4v) is 2.88. The average Bonchev–Trinajstić information content (AvgIpc) is 3.05. The van der Waals surface area contributed by atoms with Crippen molar-refractivity contribution in [3.63, 3.8) is 0 Å². The van der Waals surface area contributed by atoms with Crippen molar-refractivity contribution in [2.24, 2.45) is 0 Å². The van der Waals surface area contributed by atoms with Crippen molar-refractivity contribution in [1.82, 2.24) is 5.16 Å². The number of aliphatic hydroxyl groups is 1. The smallest absolute Gasteiger partial charge is 0.173 e. The van der Waals surface area contributed by atoms with Gasteiger partial charge in [0.1, 0.15) is 17.2 Å². The first-order chi connectivity index (χ1) is 11.7. The number of benzene rings is 2. The zero-order chi connectivity index (χ0) is 17.1. The molecular weight excluding hydrogens is 374 g/mol. The van der Waals surface area contributed by atoms with Crippen LogP contribution >= 0.6 is 15.9 Å². The van der Waals surface area contributed by atoms with Gasteiger partial charge in [-0.05, 0) is 24.3 Å². The Morgan fingerprint density at radius 1 is 1.04 bits per heavy atom. The molecule has 0 saturated carbocycles. The number of aromatic nitrogens is 1. The molecule has 0 atom stereocenters. The molecule has 5 nitrogen and oxygen atoms in total. The van der Waals surface area contributed by atoms with E-state index in [1.807, 2.05) is 36.4 Å². The van der Waals surface area contributed by atoms with Gasteiger partial charge >= 0.3 is 0 Å². The lowest BCUT2D eigenvalue weighted by molar-refractivity contribution is 0.281. The zero-order valence-corrected chi connectivity index (χ0v) is 14.8. The monoisotopic (exact) mass is 389 g/mol. The maximum Gasteiger partial charge on any atom is 0.173 e. The number of rotatable bonds is 5. The van der Waals surface area contributed by atoms with E-state index in [9.17, 15) is 5.11 Å². The van der Waals surface area contributed by atoms with Gasteiger partial charge in [-0.2, -0.15) is 0 Å². The molecule has 24 heavy (non-hydrogen) atoms. The third-order valence-electron chi connectivity index (χ3n) is 3.66. The normalized spacial score (nSPS) is 10.7. The van der Waals surface area contributed by atoms with Crippen molar-refractivity contribution >= 4 is 15.9 Å². The molecule has 2 aromatic carbocycles. The summed E-state index contributed by atoms with van der Waals surface area (Å²) < 4.78 is 17.0. The summed E-state index contributed by atoms with van der Waals surface area (Å²) in [6.07, 6.45) is 0. The van der Waals surface area contributed by atoms with Crippen LogP contribution in [0.15, 0.2) is 51.5 Å². The molecule has 0 aliphatic heterocycles. The van der Waals surface area contributed by atoms with E-state index in [2.05, 4.69) is 21.1 Å². The number of methoxy groups -OCH3 is 2. The highest BCUT2D eigenvalue weighted by molar-refractivity contribution is 9.10. The molecule has 1 heterocycles. The van der Waals surface area contributed by atoms with E-state index in [0.29, 0.717) is 28.5 Å². The van der Waals surface area contributed by atoms with E-state index in [0.717, 1.165) is 15.6 Å². The van der Waals surface area contributed by atoms with Gasteiger partial charge in [0.05, 0.1) is 26.4 Å². The Kier molecular flexibility index (Phi) is 4.87. The molecule has 6 heteroatoms. The molecule has 124 valence electrons. The van der Waals surface area contributed by atoms with Gasteiger partial charge < -0.3 is 19.1 Å². The second kappa shape index (κ2) is 7.07. The van der Waals surface area contributed by atoms with Gasteiger partial charge in [-0.25, -0.2) is 0 Å². The van der Waals surface area contributed by atoms with Crippen molar-refractivity contribution in [1.29, 1.82) is 0 Å². The maximum atomic E-state index is 9.86. The molecule has 0 bridgehead atoms. The number of nitrogens with zero attached hydrogens (tertiary/aromatic N) is 1. The molecule has 0 fully saturated rings. The average molecular weight is 390 g/mol. The largest absolute Gasteiger partial charge is 0.497 e. The minimum Gasteiger partial charge on any atom is -0.497 e. The number of aliphatic hydroxyl groups excluding tert-OH is 1. The first kappa shape index (κ1) is 16.5. The van der Waals surface area contributed by atoms with Crippen LogP contribution in [0.4, 0.5) is 0 Å². The van der Waals surface area contributed by atoms with Crippen LogP contribution in [0.5, 0.6) is 11.5 Å². The SMILES string of the molecule is COc1cc(OC)cc(-c2noc(-c3cccc(Br)c3)c2CO)c1. The van der Waals surface area contributed by atoms with E-state index in [1.165, 1.54) is 0 Å². The zero-order valence-electron chi connectivity index (χ0n) is 13.2. The van der Waals surface area contributed by atoms with Crippen molar-refractivity contribution in [3.05, 3.63) is 52.5 Å². The van der Waals surface area contributed by atoms with E-state index in [-0.39, 0.29) is 6.61 Å². The van der Waals surface area contributed by atoms with Crippen LogP contribution in [-0.4, -0.2) is 24.5 Å². The first-order valence-electron chi connectivity index (χ1n) is 7.25. The second-order valence-corrected chi connectivity index (χ2v) is 6.02. The van der Waals surface area contributed by atoms with Crippen LogP contribution in [0, 0.1) is 0 Å². The third-order valence-corrected chi connectivity index (χ3v) is 4.15. The molecule has 3 rings (SSSR count). The molecule has 0 aliphatic carbocycles. The van der Waals surface area contributed by atoms with Crippen LogP contribution in [0.1, 0.15) is 5.56 Å². The van der Waals surface area contributed by atoms with Gasteiger partial charge in [0.25, 0.3) is 0 Å². The quantitative estimate of drug-likeness (QED) is 0.705. The Morgan fingerprint density at radius 3 is 2.33 bits per heavy atom. The lowest BCUT2D eigenvalue weighted by Gasteiger charge is -2.07. The van der Waals surface area contributed by atoms with E-state index < -0.39 is 0 Å². The molecule has 0 radical (unpaired) electrons. The highest BCUT2D eigenvalue weighted by atomic mass is 79.9. The fourth-order valence-electron chi connectivity index (χ4n) is 2.48. The molecule has 0 spiro atoms. The maximum absolute atomic E-state index is 9.86. The topological polar surface area (TPSA) is 64.7 Å². The van der Waals surface area contributed by atoms with Gasteiger partial charge in [-0.15, -0.1) is 0 Å². The Hall–Kier alpha value is -2.31. The fraction of sp³-hybridized carbons (Fsp3) is 0.167. The van der Waals surface area contributed by atoms with Crippen LogP contribution in [0.25, 0.3) is 22.6 Å². The van der Waals surface area contributed by atoms with Crippen molar-refractivity contribution in [2.75, 3.05) is 14.2 Å². The summed E-state index contributed by atoms with van der Waals surface area (Å²) in [5, 5.41) is 14.0. The molecule has 0 unspecified atom stereocenters. The summed E-state index contributed by atoms with van der Waals surface area (Å²) >= 11 is 3.44. The second-order valence-electron chi connectivity index (χ2n) is 5.11. The molecule has 0 amide bonds. The van der Waals surface area contributed by atoms with E-state index >= 15 is 0 Å². The van der Waals surface area contributed by atoms with E-state index in [4.69, 9.17) is 14.0 Å². The minimum absolute atomic E-state index is 0.194. The van der Waals surface area contributed by atoms with Gasteiger partial charge in [0.15, 0.2) is 5.76 Å². The molecule has 1 aromatic heterocycles. The Bertz CT molecular complexity index is 838. The Balaban J connectivity index is 2.13. The molecule has 0 saturated heterocycles. The molecule has 0 aliphatic rings. The molecule has 1 N–H and O–H groups in total. The molecular formula is C18H16BrNO4. The van der Waals surface area contributed by atoms with Crippen LogP contribution in [-0.2, 0) is 6.61 Å². The van der Waals surface area contributed by atoms with Gasteiger partial charge in [-0.3, -0.25) is 0 Å². The highest BCUT2D eigenvalue weighted by Crippen LogP contribution is 2.36. The van der Waals surface area contributed by atoms with Crippen LogP contribution < -0.4 is 9.47 Å². The van der Waals surface area contributed by atoms with Gasteiger partial charge in [0.2, 0.25) is 0 Å². The van der Waals surface area contributed by atoms with Crippen LogP contribution in [0.3, 0.4) is 0 Å². The predicted molar refractivity (Wildman–Crippen MR) is 94.1 cm³/mol. The van der Waals surface area contributed by atoms with Crippen molar-refractivity contribution in [3.8, 4) is 34.1 Å². The summed E-state index contributed by atoms with van der Waals surface area (Å²) in [4.78, 5) is 0. The van der Waals surface area contributed by atoms with E-state index in [1.54, 1.807) is 20.3 Å². The van der Waals surface area contributed by atoms with Gasteiger partial charge in [0, 0.05) is 21.7 Å². The summed E-state index contributed by atoms with van der Waals surface area (Å²) in [6, 6.07) is 13.1. The number of hydrogen-bond acceptors (Lipinski definition) is 5. The van der Waals surface area contributed by atoms with Crippen LogP contribution in [0.2, 0.25) is 0 Å². The number of halogens is 1. The Morgan fingerprint density at radius 2 is 1.75 bits per heavy atom. The summed E-state index contributed by atoms with van der Waals surface area (Å²) in [5.41, 5.74) is 2.76. The Labute approximate surface area is 147 Å². The predicted octanol–water partition coefficient (Wildman–Crippen LogP) is 4.28.